The molecule has 4 rings (SSSR count). The van der Waals surface area contributed by atoms with Crippen molar-refractivity contribution in [2.24, 2.45) is 0 Å². The highest BCUT2D eigenvalue weighted by molar-refractivity contribution is 6.36. The van der Waals surface area contributed by atoms with Gasteiger partial charge in [-0.25, -0.2) is 9.18 Å². The molecule has 35 heavy (non-hydrogen) atoms. The summed E-state index contributed by atoms with van der Waals surface area (Å²) in [5.41, 5.74) is -2.30. The summed E-state index contributed by atoms with van der Waals surface area (Å²) in [6, 6.07) is 1.25. The van der Waals surface area contributed by atoms with Gasteiger partial charge in [-0.05, 0) is 38.0 Å². The minimum atomic E-state index is -4.89. The fourth-order valence-corrected chi connectivity index (χ4v) is 4.04. The third kappa shape index (κ3) is 4.77. The molecule has 2 aliphatic rings. The Morgan fingerprint density at radius 2 is 1.94 bits per heavy atom. The molecular formula is C23H21F4N5O3. The van der Waals surface area contributed by atoms with E-state index in [0.29, 0.717) is 13.0 Å². The van der Waals surface area contributed by atoms with E-state index in [1.165, 1.54) is 24.9 Å². The fourth-order valence-electron chi connectivity index (χ4n) is 4.04. The van der Waals surface area contributed by atoms with Crippen molar-refractivity contribution in [3.63, 3.8) is 0 Å². The summed E-state index contributed by atoms with van der Waals surface area (Å²) in [5.74, 6) is -2.09. The fraction of sp³-hybridized carbons (Fsp3) is 0.261. The standard InChI is InChI=1S/C23H21F4N5O3/c1-11-19(31-22(35)32-6-4-3-5-7-32)18(23(25,26)27)16(28-11)10-15-14-8-13(24)9-17(29-12(2)33)20(14)30-21(15)34/h4,6,8-10,28H,3,5,7H2,1-2H3,(H,29,33)(H,30,34)(H,31,35)/b15-10-. The number of hydrogen-bond acceptors (Lipinski definition) is 3. The summed E-state index contributed by atoms with van der Waals surface area (Å²) in [6.07, 6.45) is 0.774. The first-order valence-corrected chi connectivity index (χ1v) is 10.6. The third-order valence-electron chi connectivity index (χ3n) is 5.52. The molecule has 2 aliphatic heterocycles. The molecule has 8 nitrogen and oxygen atoms in total. The molecule has 12 heteroatoms. The number of fused-ring (bicyclic) bond motifs is 1. The molecule has 0 unspecified atom stereocenters. The molecule has 0 radical (unpaired) electrons. The maximum absolute atomic E-state index is 14.2. The lowest BCUT2D eigenvalue weighted by Gasteiger charge is -2.22. The van der Waals surface area contributed by atoms with E-state index in [2.05, 4.69) is 20.9 Å². The second-order valence-corrected chi connectivity index (χ2v) is 8.13. The number of nitrogens with one attached hydrogen (secondary N) is 4. The van der Waals surface area contributed by atoms with Crippen LogP contribution in [-0.4, -0.2) is 34.3 Å². The van der Waals surface area contributed by atoms with Crippen molar-refractivity contribution < 1.29 is 31.9 Å². The van der Waals surface area contributed by atoms with Crippen LogP contribution in [0.15, 0.2) is 24.4 Å². The van der Waals surface area contributed by atoms with Gasteiger partial charge >= 0.3 is 12.2 Å². The number of carbonyl (C=O) groups is 3. The SMILES string of the molecule is CC(=O)Nc1cc(F)cc2c1NC(=O)/C2=C\c1[nH]c(C)c(NC(=O)N2C=CCCC2)c1C(F)(F)F. The van der Waals surface area contributed by atoms with Gasteiger partial charge in [0.05, 0.1) is 28.3 Å². The second-order valence-electron chi connectivity index (χ2n) is 8.13. The van der Waals surface area contributed by atoms with Crippen LogP contribution in [0.1, 0.15) is 42.3 Å². The zero-order valence-corrected chi connectivity index (χ0v) is 18.7. The lowest BCUT2D eigenvalue weighted by Crippen LogP contribution is -2.33. The smallest absolute Gasteiger partial charge is 0.357 e. The van der Waals surface area contributed by atoms with Gasteiger partial charge < -0.3 is 25.8 Å². The Kier molecular flexibility index (Phi) is 6.14. The molecule has 3 heterocycles. The molecule has 0 spiro atoms. The number of amides is 4. The van der Waals surface area contributed by atoms with Crippen LogP contribution in [0.2, 0.25) is 0 Å². The van der Waals surface area contributed by atoms with Crippen molar-refractivity contribution >= 4 is 46.6 Å². The quantitative estimate of drug-likeness (QED) is 0.356. The number of anilines is 3. The number of carbonyl (C=O) groups excluding carboxylic acids is 3. The van der Waals surface area contributed by atoms with Gasteiger partial charge in [0, 0.05) is 30.9 Å². The number of nitrogens with zero attached hydrogens (tertiary/aromatic N) is 1. The summed E-state index contributed by atoms with van der Waals surface area (Å²) < 4.78 is 56.6. The largest absolute Gasteiger partial charge is 0.420 e. The first kappa shape index (κ1) is 24.0. The molecule has 1 aromatic heterocycles. The van der Waals surface area contributed by atoms with Gasteiger partial charge in [-0.15, -0.1) is 0 Å². The molecule has 4 N–H and O–H groups in total. The Hall–Kier alpha value is -4.09. The normalized spacial score (nSPS) is 16.3. The van der Waals surface area contributed by atoms with Crippen molar-refractivity contribution in [3.05, 3.63) is 52.7 Å². The number of hydrogen-bond donors (Lipinski definition) is 4. The van der Waals surface area contributed by atoms with E-state index >= 15 is 0 Å². The average Bonchev–Trinajstić information content (AvgIpc) is 3.25. The van der Waals surface area contributed by atoms with Crippen LogP contribution < -0.4 is 16.0 Å². The highest BCUT2D eigenvalue weighted by atomic mass is 19.4. The highest BCUT2D eigenvalue weighted by Gasteiger charge is 2.40. The van der Waals surface area contributed by atoms with E-state index in [4.69, 9.17) is 0 Å². The summed E-state index contributed by atoms with van der Waals surface area (Å²) in [4.78, 5) is 40.5. The monoisotopic (exact) mass is 491 g/mol. The van der Waals surface area contributed by atoms with Crippen LogP contribution in [0, 0.1) is 12.7 Å². The van der Waals surface area contributed by atoms with Gasteiger partial charge in [0.1, 0.15) is 11.4 Å². The zero-order valence-electron chi connectivity index (χ0n) is 18.7. The minimum absolute atomic E-state index is 0.0110. The lowest BCUT2D eigenvalue weighted by molar-refractivity contribution is -0.137. The maximum atomic E-state index is 14.2. The molecule has 0 aliphatic carbocycles. The van der Waals surface area contributed by atoms with Crippen molar-refractivity contribution in [2.45, 2.75) is 32.9 Å². The highest BCUT2D eigenvalue weighted by Crippen LogP contribution is 2.43. The number of urea groups is 1. The van der Waals surface area contributed by atoms with E-state index in [0.717, 1.165) is 24.6 Å². The number of alkyl halides is 3. The van der Waals surface area contributed by atoms with Crippen LogP contribution in [0.5, 0.6) is 0 Å². The van der Waals surface area contributed by atoms with Crippen LogP contribution >= 0.6 is 0 Å². The van der Waals surface area contributed by atoms with Crippen LogP contribution in [-0.2, 0) is 15.8 Å². The van der Waals surface area contributed by atoms with E-state index < -0.39 is 46.8 Å². The molecule has 0 bridgehead atoms. The van der Waals surface area contributed by atoms with E-state index in [1.807, 2.05) is 0 Å². The number of aromatic nitrogens is 1. The average molecular weight is 491 g/mol. The molecule has 0 fully saturated rings. The summed E-state index contributed by atoms with van der Waals surface area (Å²) in [6.45, 7) is 2.91. The van der Waals surface area contributed by atoms with Gasteiger partial charge in [0.2, 0.25) is 5.91 Å². The molecule has 1 aromatic carbocycles. The molecule has 0 saturated heterocycles. The molecule has 0 atom stereocenters. The summed E-state index contributed by atoms with van der Waals surface area (Å²) in [5, 5.41) is 7.16. The number of halogens is 4. The van der Waals surface area contributed by atoms with Gasteiger partial charge in [0.25, 0.3) is 5.91 Å². The van der Waals surface area contributed by atoms with Crippen LogP contribution in [0.4, 0.5) is 39.4 Å². The van der Waals surface area contributed by atoms with Crippen molar-refractivity contribution in [3.8, 4) is 0 Å². The Bertz CT molecular complexity index is 1290. The number of allylic oxidation sites excluding steroid dienone is 1. The third-order valence-corrected chi connectivity index (χ3v) is 5.52. The summed E-state index contributed by atoms with van der Waals surface area (Å²) in [7, 11) is 0. The van der Waals surface area contributed by atoms with Crippen molar-refractivity contribution in [2.75, 3.05) is 22.5 Å². The van der Waals surface area contributed by atoms with Gasteiger partial charge in [0.15, 0.2) is 0 Å². The first-order valence-electron chi connectivity index (χ1n) is 10.6. The van der Waals surface area contributed by atoms with Gasteiger partial charge in [-0.3, -0.25) is 9.59 Å². The van der Waals surface area contributed by atoms with Gasteiger partial charge in [-0.2, -0.15) is 13.2 Å². The molecule has 4 amide bonds. The molecular weight excluding hydrogens is 470 g/mol. The first-order chi connectivity index (χ1) is 16.5. The maximum Gasteiger partial charge on any atom is 0.420 e. The number of aryl methyl sites for hydroxylation is 1. The number of H-pyrrole nitrogens is 1. The number of aromatic amines is 1. The Morgan fingerprint density at radius 1 is 1.20 bits per heavy atom. The molecule has 0 saturated carbocycles. The summed E-state index contributed by atoms with van der Waals surface area (Å²) >= 11 is 0. The van der Waals surface area contributed by atoms with Crippen molar-refractivity contribution in [1.29, 1.82) is 0 Å². The second kappa shape index (κ2) is 8.93. The predicted molar refractivity (Wildman–Crippen MR) is 122 cm³/mol. The predicted octanol–water partition coefficient (Wildman–Crippen LogP) is 5.07. The van der Waals surface area contributed by atoms with Gasteiger partial charge in [-0.1, -0.05) is 6.08 Å². The lowest BCUT2D eigenvalue weighted by atomic mass is 10.0. The van der Waals surface area contributed by atoms with Crippen molar-refractivity contribution in [1.82, 2.24) is 9.88 Å². The van der Waals surface area contributed by atoms with Crippen LogP contribution in [0.3, 0.4) is 0 Å². The topological polar surface area (TPSA) is 106 Å². The molecule has 184 valence electrons. The van der Waals surface area contributed by atoms with E-state index in [-0.39, 0.29) is 28.2 Å². The Labute approximate surface area is 197 Å². The zero-order chi connectivity index (χ0) is 25.5. The number of rotatable bonds is 3. The molecule has 2 aromatic rings. The number of benzene rings is 1. The van der Waals surface area contributed by atoms with Crippen LogP contribution in [0.25, 0.3) is 11.6 Å². The van der Waals surface area contributed by atoms with E-state index in [9.17, 15) is 31.9 Å². The van der Waals surface area contributed by atoms with E-state index in [1.54, 1.807) is 6.08 Å². The Balaban J connectivity index is 1.79. The minimum Gasteiger partial charge on any atom is -0.357 e. The Morgan fingerprint density at radius 3 is 2.57 bits per heavy atom.